The maximum Gasteiger partial charge on any atom is 0.243 e. The number of sulfonamides is 1. The molecule has 1 fully saturated rings. The molecular formula is C23H30N2O5S. The van der Waals surface area contributed by atoms with Gasteiger partial charge in [0.1, 0.15) is 5.75 Å². The molecule has 2 aromatic rings. The van der Waals surface area contributed by atoms with Crippen LogP contribution in [0.1, 0.15) is 36.1 Å². The smallest absolute Gasteiger partial charge is 0.243 e. The number of ether oxygens (including phenoxy) is 2. The van der Waals surface area contributed by atoms with E-state index in [1.807, 2.05) is 38.1 Å². The average molecular weight is 447 g/mol. The molecule has 3 rings (SSSR count). The van der Waals surface area contributed by atoms with Crippen molar-refractivity contribution in [1.29, 1.82) is 0 Å². The Morgan fingerprint density at radius 1 is 1.16 bits per heavy atom. The van der Waals surface area contributed by atoms with E-state index in [-0.39, 0.29) is 23.3 Å². The molecule has 1 unspecified atom stereocenters. The van der Waals surface area contributed by atoms with E-state index in [1.54, 1.807) is 18.2 Å². The molecule has 31 heavy (non-hydrogen) atoms. The zero-order valence-electron chi connectivity index (χ0n) is 18.3. The standard InChI is InChI=1S/C23H30N2O5S/c1-17-4-6-19(7-5-17)18(2)24-23(26)11-8-20-16-21(9-10-22(20)29-3)31(27,28)25-12-14-30-15-13-25/h4-7,9-10,16,18H,8,11-15H2,1-3H3,(H,24,26). The molecule has 1 atom stereocenters. The van der Waals surface area contributed by atoms with Gasteiger partial charge in [-0.15, -0.1) is 0 Å². The fourth-order valence-electron chi connectivity index (χ4n) is 3.55. The molecule has 8 heteroatoms. The molecule has 0 bridgehead atoms. The first-order valence-electron chi connectivity index (χ1n) is 10.4. The molecule has 2 aromatic carbocycles. The van der Waals surface area contributed by atoms with E-state index < -0.39 is 10.0 Å². The first-order valence-corrected chi connectivity index (χ1v) is 11.9. The minimum atomic E-state index is -3.61. The number of benzene rings is 2. The Morgan fingerprint density at radius 3 is 2.48 bits per heavy atom. The van der Waals surface area contributed by atoms with Crippen molar-refractivity contribution >= 4 is 15.9 Å². The molecule has 1 aliphatic heterocycles. The van der Waals surface area contributed by atoms with Crippen molar-refractivity contribution in [2.75, 3.05) is 33.4 Å². The monoisotopic (exact) mass is 446 g/mol. The highest BCUT2D eigenvalue weighted by Gasteiger charge is 2.27. The zero-order valence-corrected chi connectivity index (χ0v) is 19.1. The molecule has 0 aromatic heterocycles. The van der Waals surface area contributed by atoms with E-state index in [2.05, 4.69) is 5.32 Å². The number of hydrogen-bond acceptors (Lipinski definition) is 5. The summed E-state index contributed by atoms with van der Waals surface area (Å²) in [6.07, 6.45) is 0.607. The third-order valence-electron chi connectivity index (χ3n) is 5.44. The first kappa shape index (κ1) is 23.2. The number of rotatable bonds is 8. The normalized spacial score (nSPS) is 16.0. The van der Waals surface area contributed by atoms with Crippen LogP contribution in [0.15, 0.2) is 47.4 Å². The van der Waals surface area contributed by atoms with Gasteiger partial charge in [0.05, 0.1) is 31.3 Å². The van der Waals surface area contributed by atoms with Crippen LogP contribution in [0.4, 0.5) is 0 Å². The molecule has 1 saturated heterocycles. The van der Waals surface area contributed by atoms with E-state index in [4.69, 9.17) is 9.47 Å². The molecular weight excluding hydrogens is 416 g/mol. The van der Waals surface area contributed by atoms with Crippen molar-refractivity contribution in [3.63, 3.8) is 0 Å². The minimum Gasteiger partial charge on any atom is -0.496 e. The summed E-state index contributed by atoms with van der Waals surface area (Å²) < 4.78 is 38.0. The van der Waals surface area contributed by atoms with Crippen LogP contribution in [-0.4, -0.2) is 52.0 Å². The van der Waals surface area contributed by atoms with E-state index in [0.717, 1.165) is 5.56 Å². The molecule has 1 aliphatic rings. The Labute approximate surface area is 184 Å². The predicted molar refractivity (Wildman–Crippen MR) is 119 cm³/mol. The van der Waals surface area contributed by atoms with Gasteiger partial charge in [-0.25, -0.2) is 8.42 Å². The Kier molecular flexibility index (Phi) is 7.69. The summed E-state index contributed by atoms with van der Waals surface area (Å²) in [5.41, 5.74) is 2.89. The summed E-state index contributed by atoms with van der Waals surface area (Å²) in [7, 11) is -2.07. The molecule has 0 spiro atoms. The number of carbonyl (C=O) groups is 1. The molecule has 1 heterocycles. The molecule has 168 valence electrons. The first-order chi connectivity index (χ1) is 14.8. The number of aryl methyl sites for hydroxylation is 2. The van der Waals surface area contributed by atoms with E-state index in [1.165, 1.54) is 17.0 Å². The van der Waals surface area contributed by atoms with E-state index in [9.17, 15) is 13.2 Å². The van der Waals surface area contributed by atoms with Crippen molar-refractivity contribution in [1.82, 2.24) is 9.62 Å². The fraction of sp³-hybridized carbons (Fsp3) is 0.435. The number of morpholine rings is 1. The van der Waals surface area contributed by atoms with Gasteiger partial charge in [-0.1, -0.05) is 29.8 Å². The summed E-state index contributed by atoms with van der Waals surface area (Å²) in [5.74, 6) is 0.469. The van der Waals surface area contributed by atoms with Gasteiger partial charge in [-0.2, -0.15) is 4.31 Å². The Balaban J connectivity index is 1.68. The third-order valence-corrected chi connectivity index (χ3v) is 7.33. The third kappa shape index (κ3) is 5.84. The Morgan fingerprint density at radius 2 is 1.84 bits per heavy atom. The van der Waals surface area contributed by atoms with Crippen LogP contribution >= 0.6 is 0 Å². The SMILES string of the molecule is COc1ccc(S(=O)(=O)N2CCOCC2)cc1CCC(=O)NC(C)c1ccc(C)cc1. The predicted octanol–water partition coefficient (Wildman–Crippen LogP) is 2.83. The number of amides is 1. The lowest BCUT2D eigenvalue weighted by atomic mass is 10.1. The summed E-state index contributed by atoms with van der Waals surface area (Å²) in [6, 6.07) is 12.7. The quantitative estimate of drug-likeness (QED) is 0.674. The van der Waals surface area contributed by atoms with Crippen LogP contribution in [0, 0.1) is 6.92 Å². The topological polar surface area (TPSA) is 84.9 Å². The second-order valence-electron chi connectivity index (χ2n) is 7.69. The largest absolute Gasteiger partial charge is 0.496 e. The van der Waals surface area contributed by atoms with E-state index in [0.29, 0.717) is 44.0 Å². The highest BCUT2D eigenvalue weighted by atomic mass is 32.2. The van der Waals surface area contributed by atoms with Gasteiger partial charge < -0.3 is 14.8 Å². The van der Waals surface area contributed by atoms with Crippen LogP contribution in [-0.2, 0) is 26.0 Å². The van der Waals surface area contributed by atoms with Gasteiger partial charge in [-0.3, -0.25) is 4.79 Å². The molecule has 0 radical (unpaired) electrons. The average Bonchev–Trinajstić information content (AvgIpc) is 2.78. The fourth-order valence-corrected chi connectivity index (χ4v) is 5.01. The number of methoxy groups -OCH3 is 1. The van der Waals surface area contributed by atoms with Crippen molar-refractivity contribution in [3.05, 3.63) is 59.2 Å². The molecule has 7 nitrogen and oxygen atoms in total. The lowest BCUT2D eigenvalue weighted by Crippen LogP contribution is -2.40. The number of nitrogens with one attached hydrogen (secondary N) is 1. The van der Waals surface area contributed by atoms with Gasteiger partial charge in [-0.05, 0) is 49.6 Å². The maximum absolute atomic E-state index is 13.0. The summed E-state index contributed by atoms with van der Waals surface area (Å²) >= 11 is 0. The molecule has 1 N–H and O–H groups in total. The van der Waals surface area contributed by atoms with Crippen LogP contribution < -0.4 is 10.1 Å². The number of hydrogen-bond donors (Lipinski definition) is 1. The van der Waals surface area contributed by atoms with Gasteiger partial charge in [0.25, 0.3) is 0 Å². The number of carbonyl (C=O) groups excluding carboxylic acids is 1. The lowest BCUT2D eigenvalue weighted by molar-refractivity contribution is -0.121. The van der Waals surface area contributed by atoms with Gasteiger partial charge in [0.15, 0.2) is 0 Å². The second kappa shape index (κ2) is 10.3. The van der Waals surface area contributed by atoms with Crippen molar-refractivity contribution in [2.45, 2.75) is 37.6 Å². The Hall–Kier alpha value is -2.42. The van der Waals surface area contributed by atoms with Crippen molar-refractivity contribution in [3.8, 4) is 5.75 Å². The van der Waals surface area contributed by atoms with E-state index >= 15 is 0 Å². The van der Waals surface area contributed by atoms with Crippen LogP contribution in [0.2, 0.25) is 0 Å². The number of nitrogens with zero attached hydrogens (tertiary/aromatic N) is 1. The second-order valence-corrected chi connectivity index (χ2v) is 9.63. The molecule has 1 amide bonds. The highest BCUT2D eigenvalue weighted by Crippen LogP contribution is 2.26. The van der Waals surface area contributed by atoms with Gasteiger partial charge in [0.2, 0.25) is 15.9 Å². The van der Waals surface area contributed by atoms with Gasteiger partial charge >= 0.3 is 0 Å². The Bertz CT molecular complexity index is 999. The highest BCUT2D eigenvalue weighted by molar-refractivity contribution is 7.89. The van der Waals surface area contributed by atoms with Crippen molar-refractivity contribution in [2.24, 2.45) is 0 Å². The molecule has 0 aliphatic carbocycles. The lowest BCUT2D eigenvalue weighted by Gasteiger charge is -2.26. The van der Waals surface area contributed by atoms with Crippen LogP contribution in [0.5, 0.6) is 5.75 Å². The zero-order chi connectivity index (χ0) is 22.4. The minimum absolute atomic E-state index is 0.100. The van der Waals surface area contributed by atoms with Crippen LogP contribution in [0.25, 0.3) is 0 Å². The van der Waals surface area contributed by atoms with Crippen molar-refractivity contribution < 1.29 is 22.7 Å². The summed E-state index contributed by atoms with van der Waals surface area (Å²) in [4.78, 5) is 12.7. The summed E-state index contributed by atoms with van der Waals surface area (Å²) in [6.45, 7) is 5.42. The molecule has 0 saturated carbocycles. The maximum atomic E-state index is 13.0. The van der Waals surface area contributed by atoms with Gasteiger partial charge in [0, 0.05) is 19.5 Å². The van der Waals surface area contributed by atoms with Crippen LogP contribution in [0.3, 0.4) is 0 Å². The summed E-state index contributed by atoms with van der Waals surface area (Å²) in [5, 5.41) is 3.00.